The Balaban J connectivity index is 2.16. The van der Waals surface area contributed by atoms with Crippen LogP contribution in [-0.4, -0.2) is 23.7 Å². The quantitative estimate of drug-likeness (QED) is 0.772. The largest absolute Gasteiger partial charge is 0.480 e. The van der Waals surface area contributed by atoms with Crippen LogP contribution in [0.3, 0.4) is 0 Å². The minimum Gasteiger partial charge on any atom is -0.480 e. The Morgan fingerprint density at radius 1 is 1.45 bits per heavy atom. The number of benzene rings is 1. The van der Waals surface area contributed by atoms with Crippen LogP contribution in [-0.2, 0) is 11.3 Å². The molecule has 0 saturated heterocycles. The molecule has 1 aliphatic rings. The van der Waals surface area contributed by atoms with Gasteiger partial charge >= 0.3 is 5.97 Å². The predicted octanol–water partition coefficient (Wildman–Crippen LogP) is 2.31. The van der Waals surface area contributed by atoms with Crippen molar-refractivity contribution in [2.75, 3.05) is 6.54 Å². The fraction of sp³-hybridized carbons (Fsp3) is 0.562. The summed E-state index contributed by atoms with van der Waals surface area (Å²) in [5.74, 6) is -0.392. The van der Waals surface area contributed by atoms with Gasteiger partial charge in [-0.25, -0.2) is 0 Å². The first-order chi connectivity index (χ1) is 9.58. The Morgan fingerprint density at radius 3 is 2.90 bits per heavy atom. The maximum atomic E-state index is 11.4. The third-order valence-corrected chi connectivity index (χ3v) is 3.76. The molecule has 2 unspecified atom stereocenters. The molecule has 4 nitrogen and oxygen atoms in total. The summed E-state index contributed by atoms with van der Waals surface area (Å²) in [6.45, 7) is 5.87. The first kappa shape index (κ1) is 15.0. The van der Waals surface area contributed by atoms with Crippen LogP contribution in [0.2, 0.25) is 0 Å². The molecular formula is C16H24N2O2. The topological polar surface area (TPSA) is 61.4 Å². The van der Waals surface area contributed by atoms with E-state index in [0.29, 0.717) is 12.3 Å². The zero-order chi connectivity index (χ0) is 14.5. The smallest absolute Gasteiger partial charge is 0.320 e. The summed E-state index contributed by atoms with van der Waals surface area (Å²) in [5, 5.41) is 16.1. The molecule has 0 bridgehead atoms. The molecule has 3 N–H and O–H groups in total. The molecule has 4 heteroatoms. The number of aliphatic carboxylic acids is 1. The summed E-state index contributed by atoms with van der Waals surface area (Å²) in [6.07, 6.45) is 1.57. The molecule has 0 aromatic heterocycles. The van der Waals surface area contributed by atoms with Crippen molar-refractivity contribution in [1.29, 1.82) is 0 Å². The normalized spacial score (nSPS) is 20.2. The molecule has 1 aliphatic heterocycles. The van der Waals surface area contributed by atoms with E-state index in [9.17, 15) is 9.90 Å². The fourth-order valence-corrected chi connectivity index (χ4v) is 2.79. The number of nitrogens with one attached hydrogen (secondary N) is 2. The lowest BCUT2D eigenvalue weighted by molar-refractivity contribution is -0.140. The van der Waals surface area contributed by atoms with Gasteiger partial charge in [0.25, 0.3) is 0 Å². The van der Waals surface area contributed by atoms with Crippen molar-refractivity contribution >= 4 is 5.97 Å². The molecule has 1 aromatic carbocycles. The molecule has 0 spiro atoms. The van der Waals surface area contributed by atoms with Crippen molar-refractivity contribution in [2.24, 2.45) is 5.92 Å². The molecule has 110 valence electrons. The Bertz CT molecular complexity index is 460. The molecule has 2 atom stereocenters. The number of hydrogen-bond donors (Lipinski definition) is 3. The molecule has 1 aromatic rings. The first-order valence-electron chi connectivity index (χ1n) is 7.35. The maximum absolute atomic E-state index is 11.4. The Kier molecular flexibility index (Phi) is 5.15. The maximum Gasteiger partial charge on any atom is 0.320 e. The zero-order valence-corrected chi connectivity index (χ0v) is 12.2. The summed E-state index contributed by atoms with van der Waals surface area (Å²) in [6, 6.07) is 7.91. The minimum absolute atomic E-state index is 0.112. The summed E-state index contributed by atoms with van der Waals surface area (Å²) < 4.78 is 0. The van der Waals surface area contributed by atoms with Crippen LogP contribution in [0.1, 0.15) is 43.9 Å². The van der Waals surface area contributed by atoms with Gasteiger partial charge in [0.2, 0.25) is 0 Å². The van der Waals surface area contributed by atoms with E-state index in [0.717, 1.165) is 19.5 Å². The lowest BCUT2D eigenvalue weighted by atomic mass is 9.96. The number of fused-ring (bicyclic) bond motifs is 1. The fourth-order valence-electron chi connectivity index (χ4n) is 2.79. The molecule has 0 radical (unpaired) electrons. The van der Waals surface area contributed by atoms with Crippen molar-refractivity contribution < 1.29 is 9.90 Å². The van der Waals surface area contributed by atoms with Gasteiger partial charge in [0.15, 0.2) is 0 Å². The third-order valence-electron chi connectivity index (χ3n) is 3.76. The second kappa shape index (κ2) is 6.86. The van der Waals surface area contributed by atoms with E-state index in [1.54, 1.807) is 0 Å². The molecule has 0 saturated carbocycles. The highest BCUT2D eigenvalue weighted by atomic mass is 16.4. The highest BCUT2D eigenvalue weighted by Gasteiger charge is 2.25. The van der Waals surface area contributed by atoms with Crippen molar-refractivity contribution in [1.82, 2.24) is 10.6 Å². The van der Waals surface area contributed by atoms with Crippen molar-refractivity contribution in [3.05, 3.63) is 35.4 Å². The van der Waals surface area contributed by atoms with Gasteiger partial charge in [-0.15, -0.1) is 0 Å². The van der Waals surface area contributed by atoms with E-state index >= 15 is 0 Å². The molecule has 0 amide bonds. The SMILES string of the molecule is CC(C)CC(NC1CCNCc2ccccc21)C(=O)O. The van der Waals surface area contributed by atoms with Crippen LogP contribution in [0, 0.1) is 5.92 Å². The highest BCUT2D eigenvalue weighted by molar-refractivity contribution is 5.73. The van der Waals surface area contributed by atoms with E-state index < -0.39 is 12.0 Å². The standard InChI is InChI=1S/C16H24N2O2/c1-11(2)9-15(16(19)20)18-14-7-8-17-10-12-5-3-4-6-13(12)14/h3-6,11,14-15,17-18H,7-10H2,1-2H3,(H,19,20). The van der Waals surface area contributed by atoms with Gasteiger partial charge < -0.3 is 10.4 Å². The first-order valence-corrected chi connectivity index (χ1v) is 7.35. The number of hydrogen-bond acceptors (Lipinski definition) is 3. The van der Waals surface area contributed by atoms with E-state index in [1.807, 2.05) is 12.1 Å². The van der Waals surface area contributed by atoms with Gasteiger partial charge in [0.1, 0.15) is 6.04 Å². The van der Waals surface area contributed by atoms with E-state index in [1.165, 1.54) is 11.1 Å². The zero-order valence-electron chi connectivity index (χ0n) is 12.2. The van der Waals surface area contributed by atoms with Crippen LogP contribution < -0.4 is 10.6 Å². The van der Waals surface area contributed by atoms with Gasteiger partial charge in [0, 0.05) is 12.6 Å². The summed E-state index contributed by atoms with van der Waals surface area (Å²) in [5.41, 5.74) is 2.49. The van der Waals surface area contributed by atoms with Gasteiger partial charge in [-0.1, -0.05) is 38.1 Å². The van der Waals surface area contributed by atoms with Crippen molar-refractivity contribution in [3.63, 3.8) is 0 Å². The number of carbonyl (C=O) groups is 1. The second-order valence-electron chi connectivity index (χ2n) is 5.90. The van der Waals surface area contributed by atoms with Crippen LogP contribution in [0.15, 0.2) is 24.3 Å². The molecule has 0 fully saturated rings. The van der Waals surface area contributed by atoms with Crippen molar-refractivity contribution in [3.8, 4) is 0 Å². The Labute approximate surface area is 120 Å². The minimum atomic E-state index is -0.756. The third kappa shape index (κ3) is 3.81. The molecule has 1 heterocycles. The van der Waals surface area contributed by atoms with Crippen LogP contribution in [0.25, 0.3) is 0 Å². The van der Waals surface area contributed by atoms with Crippen molar-refractivity contribution in [2.45, 2.75) is 45.3 Å². The second-order valence-corrected chi connectivity index (χ2v) is 5.90. The van der Waals surface area contributed by atoms with Crippen LogP contribution >= 0.6 is 0 Å². The van der Waals surface area contributed by atoms with Crippen LogP contribution in [0.4, 0.5) is 0 Å². The molecule has 20 heavy (non-hydrogen) atoms. The average molecular weight is 276 g/mol. The van der Waals surface area contributed by atoms with Gasteiger partial charge in [-0.05, 0) is 36.4 Å². The lowest BCUT2D eigenvalue weighted by Crippen LogP contribution is -2.40. The average Bonchev–Trinajstić information content (AvgIpc) is 2.60. The highest BCUT2D eigenvalue weighted by Crippen LogP contribution is 2.24. The van der Waals surface area contributed by atoms with E-state index in [2.05, 4.69) is 36.6 Å². The van der Waals surface area contributed by atoms with Gasteiger partial charge in [-0.2, -0.15) is 0 Å². The molecular weight excluding hydrogens is 252 g/mol. The van der Waals surface area contributed by atoms with E-state index in [-0.39, 0.29) is 6.04 Å². The monoisotopic (exact) mass is 276 g/mol. The van der Waals surface area contributed by atoms with E-state index in [4.69, 9.17) is 0 Å². The summed E-state index contributed by atoms with van der Waals surface area (Å²) in [7, 11) is 0. The summed E-state index contributed by atoms with van der Waals surface area (Å²) in [4.78, 5) is 11.4. The molecule has 0 aliphatic carbocycles. The molecule has 2 rings (SSSR count). The Hall–Kier alpha value is -1.39. The number of carboxylic acid groups (broad SMARTS) is 1. The lowest BCUT2D eigenvalue weighted by Gasteiger charge is -2.24. The summed E-state index contributed by atoms with van der Waals surface area (Å²) >= 11 is 0. The number of rotatable bonds is 5. The Morgan fingerprint density at radius 2 is 2.20 bits per heavy atom. The van der Waals surface area contributed by atoms with Crippen LogP contribution in [0.5, 0.6) is 0 Å². The predicted molar refractivity (Wildman–Crippen MR) is 79.5 cm³/mol. The van der Waals surface area contributed by atoms with Gasteiger partial charge in [-0.3, -0.25) is 10.1 Å². The number of carboxylic acids is 1. The van der Waals surface area contributed by atoms with Gasteiger partial charge in [0.05, 0.1) is 0 Å².